The molecule has 0 spiro atoms. The molecule has 4 aromatic carbocycles. The zero-order chi connectivity index (χ0) is 24.8. The second kappa shape index (κ2) is 11.6. The minimum Gasteiger partial charge on any atom is -0.323 e. The molecular formula is C27H19Cl3N2O2S. The number of rotatable bonds is 7. The number of thioether (sulfide) groups is 1. The number of hydrogen-bond donors (Lipinski definition) is 2. The number of anilines is 2. The Kier molecular flexibility index (Phi) is 8.37. The van der Waals surface area contributed by atoms with E-state index < -0.39 is 5.25 Å². The maximum absolute atomic E-state index is 13.3. The average Bonchev–Trinajstić information content (AvgIpc) is 2.84. The third-order valence-electron chi connectivity index (χ3n) is 4.99. The summed E-state index contributed by atoms with van der Waals surface area (Å²) < 4.78 is 0. The molecule has 4 aromatic rings. The summed E-state index contributed by atoms with van der Waals surface area (Å²) >= 11 is 19.7. The molecule has 0 bridgehead atoms. The van der Waals surface area contributed by atoms with E-state index in [1.807, 2.05) is 54.6 Å². The van der Waals surface area contributed by atoms with E-state index in [-0.39, 0.29) is 16.8 Å². The molecule has 0 aliphatic carbocycles. The van der Waals surface area contributed by atoms with E-state index in [9.17, 15) is 9.59 Å². The van der Waals surface area contributed by atoms with Gasteiger partial charge in [-0.3, -0.25) is 9.59 Å². The molecular weight excluding hydrogens is 523 g/mol. The molecule has 2 N–H and O–H groups in total. The minimum absolute atomic E-state index is 0.211. The van der Waals surface area contributed by atoms with E-state index >= 15 is 0 Å². The van der Waals surface area contributed by atoms with Crippen LogP contribution in [0.4, 0.5) is 11.4 Å². The predicted octanol–water partition coefficient (Wildman–Crippen LogP) is 8.37. The molecule has 4 nitrogen and oxygen atoms in total. The van der Waals surface area contributed by atoms with Crippen molar-refractivity contribution in [2.45, 2.75) is 10.1 Å². The molecule has 35 heavy (non-hydrogen) atoms. The van der Waals surface area contributed by atoms with Crippen molar-refractivity contribution in [2.24, 2.45) is 0 Å². The van der Waals surface area contributed by atoms with Crippen molar-refractivity contribution in [3.63, 3.8) is 0 Å². The maximum Gasteiger partial charge on any atom is 0.257 e. The third kappa shape index (κ3) is 6.59. The minimum atomic E-state index is -0.552. The Morgan fingerprint density at radius 2 is 1.46 bits per heavy atom. The first-order chi connectivity index (χ1) is 16.9. The standard InChI is InChI=1S/C27H19Cl3N2O2S/c28-18-13-14-21(23(30)15-18)26(33)31-19-9-6-10-20(16-19)35-25(17-7-2-1-3-8-17)27(34)32-24-12-5-4-11-22(24)29/h1-16,25H,(H,31,33)(H,32,34). The lowest BCUT2D eigenvalue weighted by Gasteiger charge is -2.18. The quantitative estimate of drug-likeness (QED) is 0.231. The summed E-state index contributed by atoms with van der Waals surface area (Å²) in [6.45, 7) is 0. The van der Waals surface area contributed by atoms with Crippen molar-refractivity contribution >= 4 is 69.8 Å². The highest BCUT2D eigenvalue weighted by Gasteiger charge is 2.23. The zero-order valence-electron chi connectivity index (χ0n) is 18.2. The number of carbonyl (C=O) groups is 2. The van der Waals surface area contributed by atoms with Crippen molar-refractivity contribution < 1.29 is 9.59 Å². The Morgan fingerprint density at radius 3 is 2.20 bits per heavy atom. The number of halogens is 3. The van der Waals surface area contributed by atoms with Crippen molar-refractivity contribution in [1.82, 2.24) is 0 Å². The van der Waals surface area contributed by atoms with Crippen molar-refractivity contribution in [3.8, 4) is 0 Å². The lowest BCUT2D eigenvalue weighted by Crippen LogP contribution is -2.19. The van der Waals surface area contributed by atoms with Gasteiger partial charge in [-0.25, -0.2) is 0 Å². The van der Waals surface area contributed by atoms with Gasteiger partial charge in [0.15, 0.2) is 0 Å². The lowest BCUT2D eigenvalue weighted by molar-refractivity contribution is -0.115. The van der Waals surface area contributed by atoms with E-state index in [2.05, 4.69) is 10.6 Å². The van der Waals surface area contributed by atoms with Crippen molar-refractivity contribution in [3.05, 3.63) is 123 Å². The van der Waals surface area contributed by atoms with E-state index in [4.69, 9.17) is 34.8 Å². The van der Waals surface area contributed by atoms with Gasteiger partial charge in [-0.2, -0.15) is 0 Å². The topological polar surface area (TPSA) is 58.2 Å². The highest BCUT2D eigenvalue weighted by atomic mass is 35.5. The Labute approximate surface area is 222 Å². The van der Waals surface area contributed by atoms with Gasteiger partial charge < -0.3 is 10.6 Å². The van der Waals surface area contributed by atoms with E-state index in [0.717, 1.165) is 10.5 Å². The Bertz CT molecular complexity index is 1370. The van der Waals surface area contributed by atoms with Crippen LogP contribution in [0.3, 0.4) is 0 Å². The molecule has 0 aromatic heterocycles. The van der Waals surface area contributed by atoms with Crippen LogP contribution < -0.4 is 10.6 Å². The summed E-state index contributed by atoms with van der Waals surface area (Å²) in [6.07, 6.45) is 0. The first kappa shape index (κ1) is 25.1. The summed E-state index contributed by atoms with van der Waals surface area (Å²) in [7, 11) is 0. The van der Waals surface area contributed by atoms with E-state index in [1.165, 1.54) is 17.8 Å². The maximum atomic E-state index is 13.3. The van der Waals surface area contributed by atoms with Crippen LogP contribution in [-0.2, 0) is 4.79 Å². The van der Waals surface area contributed by atoms with Gasteiger partial charge in [-0.1, -0.05) is 83.3 Å². The lowest BCUT2D eigenvalue weighted by atomic mass is 10.1. The predicted molar refractivity (Wildman–Crippen MR) is 146 cm³/mol. The van der Waals surface area contributed by atoms with Gasteiger partial charge in [0.1, 0.15) is 5.25 Å². The number of benzene rings is 4. The fraction of sp³-hybridized carbons (Fsp3) is 0.0370. The Morgan fingerprint density at radius 1 is 0.714 bits per heavy atom. The zero-order valence-corrected chi connectivity index (χ0v) is 21.3. The molecule has 0 aliphatic rings. The summed E-state index contributed by atoms with van der Waals surface area (Å²) in [6, 6.07) is 28.5. The molecule has 8 heteroatoms. The number of hydrogen-bond acceptors (Lipinski definition) is 3. The highest BCUT2D eigenvalue weighted by molar-refractivity contribution is 8.00. The molecule has 0 saturated heterocycles. The molecule has 1 atom stereocenters. The SMILES string of the molecule is O=C(Nc1cccc(SC(C(=O)Nc2ccccc2Cl)c2ccccc2)c1)c1ccc(Cl)cc1Cl. The van der Waals surface area contributed by atoms with Crippen LogP contribution in [0.1, 0.15) is 21.2 Å². The van der Waals surface area contributed by atoms with Crippen LogP contribution >= 0.6 is 46.6 Å². The third-order valence-corrected chi connectivity index (χ3v) is 7.12. The summed E-state index contributed by atoms with van der Waals surface area (Å²) in [5, 5.41) is 6.40. The van der Waals surface area contributed by atoms with Crippen molar-refractivity contribution in [2.75, 3.05) is 10.6 Å². The smallest absolute Gasteiger partial charge is 0.257 e. The second-order valence-electron chi connectivity index (χ2n) is 7.48. The van der Waals surface area contributed by atoms with Gasteiger partial charge in [-0.05, 0) is 54.1 Å². The van der Waals surface area contributed by atoms with Gasteiger partial charge in [0, 0.05) is 15.6 Å². The molecule has 1 unspecified atom stereocenters. The van der Waals surface area contributed by atoms with Gasteiger partial charge in [0.05, 0.1) is 21.3 Å². The van der Waals surface area contributed by atoms with Crippen LogP contribution in [0.5, 0.6) is 0 Å². The molecule has 0 radical (unpaired) electrons. The molecule has 0 fully saturated rings. The van der Waals surface area contributed by atoms with E-state index in [1.54, 1.807) is 36.4 Å². The summed E-state index contributed by atoms with van der Waals surface area (Å²) in [4.78, 5) is 26.8. The van der Waals surface area contributed by atoms with Crippen LogP contribution in [0, 0.1) is 0 Å². The number of nitrogens with one attached hydrogen (secondary N) is 2. The normalized spacial score (nSPS) is 11.5. The monoisotopic (exact) mass is 540 g/mol. The average molecular weight is 542 g/mol. The van der Waals surface area contributed by atoms with Gasteiger partial charge in [0.25, 0.3) is 5.91 Å². The van der Waals surface area contributed by atoms with Crippen LogP contribution in [0.2, 0.25) is 15.1 Å². The highest BCUT2D eigenvalue weighted by Crippen LogP contribution is 2.38. The van der Waals surface area contributed by atoms with Crippen LogP contribution in [-0.4, -0.2) is 11.8 Å². The molecule has 176 valence electrons. The van der Waals surface area contributed by atoms with Gasteiger partial charge in [-0.15, -0.1) is 11.8 Å². The summed E-state index contributed by atoms with van der Waals surface area (Å²) in [5.41, 5.74) is 2.27. The largest absolute Gasteiger partial charge is 0.323 e. The molecule has 2 amide bonds. The fourth-order valence-electron chi connectivity index (χ4n) is 3.32. The number of para-hydroxylation sites is 1. The van der Waals surface area contributed by atoms with Gasteiger partial charge in [0.2, 0.25) is 5.91 Å². The second-order valence-corrected chi connectivity index (χ2v) is 9.91. The van der Waals surface area contributed by atoms with Crippen molar-refractivity contribution in [1.29, 1.82) is 0 Å². The Balaban J connectivity index is 1.55. The number of amides is 2. The van der Waals surface area contributed by atoms with Crippen LogP contribution in [0.25, 0.3) is 0 Å². The van der Waals surface area contributed by atoms with Gasteiger partial charge >= 0.3 is 0 Å². The fourth-order valence-corrected chi connectivity index (χ4v) is 5.08. The molecule has 0 aliphatic heterocycles. The molecule has 0 saturated carbocycles. The summed E-state index contributed by atoms with van der Waals surface area (Å²) in [5.74, 6) is -0.568. The molecule has 4 rings (SSSR count). The molecule has 0 heterocycles. The van der Waals surface area contributed by atoms with E-state index in [0.29, 0.717) is 27.0 Å². The Hall–Kier alpha value is -2.96. The number of carbonyl (C=O) groups excluding carboxylic acids is 2. The first-order valence-corrected chi connectivity index (χ1v) is 12.6. The first-order valence-electron chi connectivity index (χ1n) is 10.5. The van der Waals surface area contributed by atoms with Crippen LogP contribution in [0.15, 0.2) is 102 Å².